The second-order valence-electron chi connectivity index (χ2n) is 4.12. The summed E-state index contributed by atoms with van der Waals surface area (Å²) in [5.41, 5.74) is 3.05. The zero-order chi connectivity index (χ0) is 13.0. The number of rotatable bonds is 3. The fourth-order valence-corrected chi connectivity index (χ4v) is 2.26. The first-order chi connectivity index (χ1) is 8.66. The van der Waals surface area contributed by atoms with Crippen molar-refractivity contribution >= 4 is 28.5 Å². The highest BCUT2D eigenvalue weighted by Gasteiger charge is 2.05. The van der Waals surface area contributed by atoms with Crippen molar-refractivity contribution in [3.63, 3.8) is 0 Å². The summed E-state index contributed by atoms with van der Waals surface area (Å²) in [4.78, 5) is 12.0. The summed E-state index contributed by atoms with van der Waals surface area (Å²) in [6.45, 7) is 2.62. The highest BCUT2D eigenvalue weighted by Crippen LogP contribution is 2.09. The molecule has 0 radical (unpaired) electrons. The third kappa shape index (κ3) is 3.32. The molecule has 0 aliphatic heterocycles. The maximum absolute atomic E-state index is 12.0. The van der Waals surface area contributed by atoms with Crippen LogP contribution in [0.3, 0.4) is 0 Å². The largest absolute Gasteiger partial charge is 0.348 e. The molecule has 0 spiro atoms. The van der Waals surface area contributed by atoms with Crippen LogP contribution in [-0.4, -0.2) is 5.91 Å². The highest BCUT2D eigenvalue weighted by atomic mass is 127. The molecule has 2 nitrogen and oxygen atoms in total. The van der Waals surface area contributed by atoms with Gasteiger partial charge in [0.15, 0.2) is 0 Å². The summed E-state index contributed by atoms with van der Waals surface area (Å²) in [5, 5.41) is 2.94. The molecule has 0 saturated heterocycles. The summed E-state index contributed by atoms with van der Waals surface area (Å²) >= 11 is 2.20. The minimum Gasteiger partial charge on any atom is -0.348 e. The van der Waals surface area contributed by atoms with Crippen molar-refractivity contribution in [2.75, 3.05) is 0 Å². The van der Waals surface area contributed by atoms with E-state index in [0.717, 1.165) is 9.13 Å². The van der Waals surface area contributed by atoms with E-state index in [1.54, 1.807) is 0 Å². The lowest BCUT2D eigenvalue weighted by Gasteiger charge is -2.08. The summed E-state index contributed by atoms with van der Waals surface area (Å²) in [6.07, 6.45) is 0. The molecule has 0 aliphatic carbocycles. The first-order valence-electron chi connectivity index (χ1n) is 5.75. The van der Waals surface area contributed by atoms with Gasteiger partial charge >= 0.3 is 0 Å². The Bertz CT molecular complexity index is 566. The Morgan fingerprint density at radius 1 is 1.17 bits per heavy atom. The normalized spacial score (nSPS) is 10.1. The molecule has 2 aromatic rings. The van der Waals surface area contributed by atoms with E-state index in [2.05, 4.69) is 27.9 Å². The molecular weight excluding hydrogens is 337 g/mol. The van der Waals surface area contributed by atoms with Crippen LogP contribution in [0.15, 0.2) is 48.5 Å². The monoisotopic (exact) mass is 351 g/mol. The summed E-state index contributed by atoms with van der Waals surface area (Å²) in [5.74, 6) is -0.0308. The summed E-state index contributed by atoms with van der Waals surface area (Å²) in [6, 6.07) is 15.6. The lowest BCUT2D eigenvalue weighted by molar-refractivity contribution is 0.0951. The van der Waals surface area contributed by atoms with Gasteiger partial charge in [0, 0.05) is 15.7 Å². The maximum Gasteiger partial charge on any atom is 0.251 e. The Labute approximate surface area is 121 Å². The number of carbonyl (C=O) groups is 1. The summed E-state index contributed by atoms with van der Waals surface area (Å²) in [7, 11) is 0. The Morgan fingerprint density at radius 2 is 1.94 bits per heavy atom. The lowest BCUT2D eigenvalue weighted by atomic mass is 10.1. The smallest absolute Gasteiger partial charge is 0.251 e. The van der Waals surface area contributed by atoms with E-state index in [0.29, 0.717) is 12.1 Å². The lowest BCUT2D eigenvalue weighted by Crippen LogP contribution is -2.23. The van der Waals surface area contributed by atoms with Gasteiger partial charge in [-0.2, -0.15) is 0 Å². The summed E-state index contributed by atoms with van der Waals surface area (Å²) < 4.78 is 1.07. The molecule has 3 heteroatoms. The molecule has 2 aromatic carbocycles. The second kappa shape index (κ2) is 6.00. The first kappa shape index (κ1) is 13.1. The van der Waals surface area contributed by atoms with Crippen LogP contribution in [0.5, 0.6) is 0 Å². The molecule has 2 rings (SSSR count). The first-order valence-corrected chi connectivity index (χ1v) is 6.83. The number of halogens is 1. The minimum atomic E-state index is -0.0308. The maximum atomic E-state index is 12.0. The zero-order valence-electron chi connectivity index (χ0n) is 10.1. The van der Waals surface area contributed by atoms with Gasteiger partial charge in [-0.25, -0.2) is 0 Å². The van der Waals surface area contributed by atoms with E-state index in [9.17, 15) is 4.79 Å². The van der Waals surface area contributed by atoms with Crippen LogP contribution >= 0.6 is 22.6 Å². The molecule has 0 heterocycles. The van der Waals surface area contributed by atoms with Gasteiger partial charge in [-0.1, -0.05) is 30.3 Å². The van der Waals surface area contributed by atoms with Crippen molar-refractivity contribution in [3.8, 4) is 0 Å². The average Bonchev–Trinajstić information content (AvgIpc) is 2.37. The third-order valence-corrected chi connectivity index (χ3v) is 3.46. The van der Waals surface area contributed by atoms with Crippen LogP contribution in [-0.2, 0) is 6.54 Å². The van der Waals surface area contributed by atoms with Crippen LogP contribution in [0.2, 0.25) is 0 Å². The van der Waals surface area contributed by atoms with E-state index in [1.807, 2.05) is 55.5 Å². The number of benzene rings is 2. The van der Waals surface area contributed by atoms with Gasteiger partial charge in [0.2, 0.25) is 0 Å². The molecule has 0 saturated carbocycles. The number of carbonyl (C=O) groups excluding carboxylic acids is 1. The number of nitrogens with one attached hydrogen (secondary N) is 1. The Hall–Kier alpha value is -1.36. The van der Waals surface area contributed by atoms with Crippen molar-refractivity contribution in [3.05, 3.63) is 68.8 Å². The number of aryl methyl sites for hydroxylation is 1. The van der Waals surface area contributed by atoms with E-state index in [4.69, 9.17) is 0 Å². The zero-order valence-corrected chi connectivity index (χ0v) is 12.3. The molecular formula is C15H14INO. The predicted molar refractivity (Wildman–Crippen MR) is 81.5 cm³/mol. The van der Waals surface area contributed by atoms with E-state index in [-0.39, 0.29) is 5.91 Å². The van der Waals surface area contributed by atoms with Crippen LogP contribution < -0.4 is 5.32 Å². The van der Waals surface area contributed by atoms with E-state index >= 15 is 0 Å². The van der Waals surface area contributed by atoms with Gasteiger partial charge in [-0.05, 0) is 58.8 Å². The van der Waals surface area contributed by atoms with Gasteiger partial charge in [0.05, 0.1) is 0 Å². The number of hydrogen-bond acceptors (Lipinski definition) is 1. The van der Waals surface area contributed by atoms with Crippen molar-refractivity contribution in [1.29, 1.82) is 0 Å². The van der Waals surface area contributed by atoms with Gasteiger partial charge in [-0.3, -0.25) is 4.79 Å². The quantitative estimate of drug-likeness (QED) is 0.843. The van der Waals surface area contributed by atoms with Crippen molar-refractivity contribution < 1.29 is 4.79 Å². The van der Waals surface area contributed by atoms with Crippen molar-refractivity contribution in [2.24, 2.45) is 0 Å². The van der Waals surface area contributed by atoms with Gasteiger partial charge in [-0.15, -0.1) is 0 Å². The van der Waals surface area contributed by atoms with Gasteiger partial charge in [0.1, 0.15) is 0 Å². The topological polar surface area (TPSA) is 29.1 Å². The van der Waals surface area contributed by atoms with E-state index in [1.165, 1.54) is 5.56 Å². The Kier molecular flexibility index (Phi) is 4.36. The molecule has 0 bridgehead atoms. The van der Waals surface area contributed by atoms with Crippen molar-refractivity contribution in [2.45, 2.75) is 13.5 Å². The van der Waals surface area contributed by atoms with Crippen LogP contribution in [0.1, 0.15) is 21.5 Å². The Balaban J connectivity index is 2.03. The van der Waals surface area contributed by atoms with Crippen LogP contribution in [0.25, 0.3) is 0 Å². The molecule has 0 aromatic heterocycles. The Morgan fingerprint density at radius 3 is 2.67 bits per heavy atom. The molecule has 1 N–H and O–H groups in total. The highest BCUT2D eigenvalue weighted by molar-refractivity contribution is 14.1. The molecule has 0 unspecified atom stereocenters. The molecule has 0 atom stereocenters. The van der Waals surface area contributed by atoms with Crippen molar-refractivity contribution in [1.82, 2.24) is 5.32 Å². The molecule has 0 fully saturated rings. The fraction of sp³-hybridized carbons (Fsp3) is 0.133. The molecule has 1 amide bonds. The fourth-order valence-electron chi connectivity index (χ4n) is 1.72. The van der Waals surface area contributed by atoms with Crippen LogP contribution in [0, 0.1) is 10.5 Å². The second-order valence-corrected chi connectivity index (χ2v) is 5.37. The SMILES string of the molecule is Cc1ccccc1CNC(=O)c1cccc(I)c1. The predicted octanol–water partition coefficient (Wildman–Crippen LogP) is 3.53. The minimum absolute atomic E-state index is 0.0308. The number of hydrogen-bond donors (Lipinski definition) is 1. The third-order valence-electron chi connectivity index (χ3n) is 2.79. The van der Waals surface area contributed by atoms with Gasteiger partial charge < -0.3 is 5.32 Å². The average molecular weight is 351 g/mol. The number of amides is 1. The van der Waals surface area contributed by atoms with Crippen LogP contribution in [0.4, 0.5) is 0 Å². The van der Waals surface area contributed by atoms with E-state index < -0.39 is 0 Å². The molecule has 92 valence electrons. The van der Waals surface area contributed by atoms with Gasteiger partial charge in [0.25, 0.3) is 5.91 Å². The molecule has 0 aliphatic rings. The molecule has 18 heavy (non-hydrogen) atoms. The standard InChI is InChI=1S/C15H14INO/c1-11-5-2-3-6-13(11)10-17-15(18)12-7-4-8-14(16)9-12/h2-9H,10H2,1H3,(H,17,18).